The van der Waals surface area contributed by atoms with Crippen molar-refractivity contribution in [3.63, 3.8) is 0 Å². The highest BCUT2D eigenvalue weighted by Crippen LogP contribution is 2.05. The Hall–Kier alpha value is -2.38. The zero-order valence-electron chi connectivity index (χ0n) is 7.31. The van der Waals surface area contributed by atoms with E-state index in [2.05, 4.69) is 30.9 Å². The Balaban J connectivity index is 2.09. The molecule has 0 bridgehead atoms. The van der Waals surface area contributed by atoms with Crippen LogP contribution in [0.25, 0.3) is 0 Å². The van der Waals surface area contributed by atoms with Crippen LogP contribution in [0.5, 0.6) is 0 Å². The summed E-state index contributed by atoms with van der Waals surface area (Å²) < 4.78 is 12.4. The second-order valence-electron chi connectivity index (χ2n) is 2.56. The van der Waals surface area contributed by atoms with E-state index in [0.29, 0.717) is 5.69 Å². The monoisotopic (exact) mass is 208 g/mol. The smallest absolute Gasteiger partial charge is 0.297 e. The lowest BCUT2D eigenvalue weighted by Gasteiger charge is -2.00. The summed E-state index contributed by atoms with van der Waals surface area (Å²) in [7, 11) is 0. The number of aromatic nitrogens is 5. The minimum atomic E-state index is -0.618. The molecule has 15 heavy (non-hydrogen) atoms. The number of pyridine rings is 1. The highest BCUT2D eigenvalue weighted by atomic mass is 19.1. The molecule has 0 saturated carbocycles. The fourth-order valence-corrected chi connectivity index (χ4v) is 0.895. The van der Waals surface area contributed by atoms with Gasteiger partial charge in [-0.3, -0.25) is 4.79 Å². The van der Waals surface area contributed by atoms with E-state index in [1.807, 2.05) is 0 Å². The maximum atomic E-state index is 12.4. The summed E-state index contributed by atoms with van der Waals surface area (Å²) in [6.07, 6.45) is 1.19. The first kappa shape index (κ1) is 9.19. The van der Waals surface area contributed by atoms with Gasteiger partial charge >= 0.3 is 0 Å². The van der Waals surface area contributed by atoms with Crippen LogP contribution in [0.15, 0.2) is 18.3 Å². The minimum Gasteiger partial charge on any atom is -0.318 e. The second kappa shape index (κ2) is 3.78. The molecule has 0 unspecified atom stereocenters. The first-order valence-electron chi connectivity index (χ1n) is 3.92. The van der Waals surface area contributed by atoms with Crippen molar-refractivity contribution in [2.75, 3.05) is 5.32 Å². The van der Waals surface area contributed by atoms with Gasteiger partial charge < -0.3 is 5.32 Å². The summed E-state index contributed by atoms with van der Waals surface area (Å²) in [5, 5.41) is 14.7. The molecule has 8 heteroatoms. The molecule has 0 spiro atoms. The topological polar surface area (TPSA) is 96.5 Å². The lowest BCUT2D eigenvalue weighted by molar-refractivity contribution is 0.101. The Labute approximate surface area is 82.7 Å². The van der Waals surface area contributed by atoms with Gasteiger partial charge in [0.2, 0.25) is 5.95 Å². The van der Waals surface area contributed by atoms with Crippen molar-refractivity contribution >= 4 is 11.6 Å². The SMILES string of the molecule is O=C(Nc1ccc(F)nc1)c1nn[nH]n1. The van der Waals surface area contributed by atoms with Crippen molar-refractivity contribution in [3.05, 3.63) is 30.1 Å². The number of nitrogens with one attached hydrogen (secondary N) is 2. The van der Waals surface area contributed by atoms with Crippen molar-refractivity contribution in [2.24, 2.45) is 0 Å². The Morgan fingerprint density at radius 1 is 1.47 bits per heavy atom. The average Bonchev–Trinajstić information content (AvgIpc) is 2.74. The standard InChI is InChI=1S/C7H5FN6O/c8-5-2-1-4(3-9-5)10-7(15)6-11-13-14-12-6/h1-3H,(H,10,15)(H,11,12,13,14). The lowest BCUT2D eigenvalue weighted by atomic mass is 10.4. The van der Waals surface area contributed by atoms with E-state index >= 15 is 0 Å². The van der Waals surface area contributed by atoms with Gasteiger partial charge in [-0.2, -0.15) is 9.60 Å². The molecule has 2 aromatic rings. The van der Waals surface area contributed by atoms with Gasteiger partial charge in [0, 0.05) is 0 Å². The highest BCUT2D eigenvalue weighted by molar-refractivity contribution is 6.01. The molecule has 2 aromatic heterocycles. The van der Waals surface area contributed by atoms with Gasteiger partial charge in [-0.25, -0.2) is 4.98 Å². The van der Waals surface area contributed by atoms with Crippen LogP contribution in [-0.4, -0.2) is 31.5 Å². The van der Waals surface area contributed by atoms with Gasteiger partial charge in [0.05, 0.1) is 11.9 Å². The molecular weight excluding hydrogens is 203 g/mol. The Morgan fingerprint density at radius 2 is 2.33 bits per heavy atom. The van der Waals surface area contributed by atoms with Gasteiger partial charge in [0.15, 0.2) is 0 Å². The van der Waals surface area contributed by atoms with E-state index in [4.69, 9.17) is 0 Å². The molecule has 76 valence electrons. The lowest BCUT2D eigenvalue weighted by Crippen LogP contribution is -2.14. The van der Waals surface area contributed by atoms with Crippen LogP contribution < -0.4 is 5.32 Å². The van der Waals surface area contributed by atoms with Gasteiger partial charge in [-0.15, -0.1) is 10.2 Å². The maximum Gasteiger partial charge on any atom is 0.297 e. The van der Waals surface area contributed by atoms with E-state index in [1.54, 1.807) is 0 Å². The third-order valence-corrected chi connectivity index (χ3v) is 1.53. The number of halogens is 1. The molecule has 0 atom stereocenters. The summed E-state index contributed by atoms with van der Waals surface area (Å²) in [4.78, 5) is 14.7. The number of aromatic amines is 1. The highest BCUT2D eigenvalue weighted by Gasteiger charge is 2.10. The molecule has 0 radical (unpaired) electrons. The Morgan fingerprint density at radius 3 is 2.93 bits per heavy atom. The van der Waals surface area contributed by atoms with E-state index in [9.17, 15) is 9.18 Å². The second-order valence-corrected chi connectivity index (χ2v) is 2.56. The largest absolute Gasteiger partial charge is 0.318 e. The van der Waals surface area contributed by atoms with Crippen LogP contribution in [0.1, 0.15) is 10.6 Å². The van der Waals surface area contributed by atoms with Gasteiger partial charge in [-0.1, -0.05) is 0 Å². The van der Waals surface area contributed by atoms with Crippen LogP contribution in [0, 0.1) is 5.95 Å². The van der Waals surface area contributed by atoms with E-state index in [1.165, 1.54) is 12.3 Å². The van der Waals surface area contributed by atoms with E-state index < -0.39 is 11.9 Å². The van der Waals surface area contributed by atoms with Crippen LogP contribution in [0.4, 0.5) is 10.1 Å². The molecule has 7 nitrogen and oxygen atoms in total. The first-order chi connectivity index (χ1) is 7.25. The zero-order valence-corrected chi connectivity index (χ0v) is 7.31. The first-order valence-corrected chi connectivity index (χ1v) is 3.92. The average molecular weight is 208 g/mol. The number of carbonyl (C=O) groups is 1. The summed E-state index contributed by atoms with van der Waals surface area (Å²) in [5.74, 6) is -1.26. The van der Waals surface area contributed by atoms with Gasteiger partial charge in [0.25, 0.3) is 11.7 Å². The number of carbonyl (C=O) groups excluding carboxylic acids is 1. The Bertz CT molecular complexity index is 453. The van der Waals surface area contributed by atoms with Crippen LogP contribution in [-0.2, 0) is 0 Å². The summed E-state index contributed by atoms with van der Waals surface area (Å²) >= 11 is 0. The molecule has 2 rings (SSSR count). The molecule has 0 aromatic carbocycles. The van der Waals surface area contributed by atoms with Crippen molar-refractivity contribution < 1.29 is 9.18 Å². The predicted molar refractivity (Wildman–Crippen MR) is 46.3 cm³/mol. The van der Waals surface area contributed by atoms with Crippen molar-refractivity contribution in [1.29, 1.82) is 0 Å². The van der Waals surface area contributed by atoms with Crippen LogP contribution >= 0.6 is 0 Å². The molecule has 0 saturated heterocycles. The summed E-state index contributed by atoms with van der Waals surface area (Å²) in [6.45, 7) is 0. The zero-order chi connectivity index (χ0) is 10.7. The molecule has 0 aliphatic carbocycles. The molecule has 0 aliphatic rings. The third-order valence-electron chi connectivity index (χ3n) is 1.53. The van der Waals surface area contributed by atoms with Crippen LogP contribution in [0.2, 0.25) is 0 Å². The quantitative estimate of drug-likeness (QED) is 0.676. The normalized spacial score (nSPS) is 9.93. The number of amides is 1. The number of rotatable bonds is 2. The fourth-order valence-electron chi connectivity index (χ4n) is 0.895. The van der Waals surface area contributed by atoms with Crippen molar-refractivity contribution in [3.8, 4) is 0 Å². The van der Waals surface area contributed by atoms with E-state index in [-0.39, 0.29) is 5.82 Å². The molecule has 0 aliphatic heterocycles. The van der Waals surface area contributed by atoms with E-state index in [0.717, 1.165) is 6.07 Å². The maximum absolute atomic E-state index is 12.4. The molecule has 2 N–H and O–H groups in total. The van der Waals surface area contributed by atoms with Gasteiger partial charge in [0.1, 0.15) is 0 Å². The van der Waals surface area contributed by atoms with Crippen molar-refractivity contribution in [2.45, 2.75) is 0 Å². The number of tetrazole rings is 1. The fraction of sp³-hybridized carbons (Fsp3) is 0. The number of anilines is 1. The Kier molecular flexibility index (Phi) is 2.31. The molecule has 1 amide bonds. The predicted octanol–water partition coefficient (Wildman–Crippen LogP) is -0.0139. The number of H-pyrrole nitrogens is 1. The van der Waals surface area contributed by atoms with Gasteiger partial charge in [-0.05, 0) is 17.3 Å². The van der Waals surface area contributed by atoms with Crippen LogP contribution in [0.3, 0.4) is 0 Å². The molecular formula is C7H5FN6O. The minimum absolute atomic E-state index is 0.0978. The summed E-state index contributed by atoms with van der Waals surface area (Å²) in [6, 6.07) is 2.51. The number of nitrogens with zero attached hydrogens (tertiary/aromatic N) is 4. The van der Waals surface area contributed by atoms with Crippen molar-refractivity contribution in [1.82, 2.24) is 25.6 Å². The third kappa shape index (κ3) is 2.10. The molecule has 2 heterocycles. The number of hydrogen-bond acceptors (Lipinski definition) is 5. The molecule has 0 fully saturated rings. The number of hydrogen-bond donors (Lipinski definition) is 2. The summed E-state index contributed by atoms with van der Waals surface area (Å²) in [5.41, 5.74) is 0.353.